The fourth-order valence-electron chi connectivity index (χ4n) is 4.50. The Labute approximate surface area is 209 Å². The number of pyridine rings is 1. The van der Waals surface area contributed by atoms with Gasteiger partial charge in [0.05, 0.1) is 0 Å². The number of aryl methyl sites for hydroxylation is 1. The van der Waals surface area contributed by atoms with E-state index in [1.807, 2.05) is 11.6 Å². The highest BCUT2D eigenvalue weighted by Gasteiger charge is 2.24. The van der Waals surface area contributed by atoms with Crippen molar-refractivity contribution in [1.82, 2.24) is 9.55 Å². The molecule has 0 N–H and O–H groups in total. The van der Waals surface area contributed by atoms with Crippen molar-refractivity contribution in [2.24, 2.45) is 7.05 Å². The van der Waals surface area contributed by atoms with Gasteiger partial charge in [-0.25, -0.2) is 0 Å². The lowest BCUT2D eigenvalue weighted by atomic mass is 9.99. The summed E-state index contributed by atoms with van der Waals surface area (Å²) in [5, 5.41) is 4.24. The number of thiazole rings is 1. The minimum atomic E-state index is 0. The summed E-state index contributed by atoms with van der Waals surface area (Å²) in [4.78, 5) is 4.69. The number of hydrogen-bond acceptors (Lipinski definition) is 2. The highest BCUT2D eigenvalue weighted by Crippen LogP contribution is 2.35. The minimum absolute atomic E-state index is 0. The number of benzene rings is 3. The predicted molar refractivity (Wildman–Crippen MR) is 136 cm³/mol. The van der Waals surface area contributed by atoms with Gasteiger partial charge in [0, 0.05) is 46.2 Å². The molecule has 0 radical (unpaired) electrons. The standard InChI is InChI=1S/C29H22N3S.ClH/c1-31-20-25(24-14-8-9-15-26(24)31)23-18-27(21-10-4-2-5-11-21)32(29-30-16-17-33-29)28(19-23)22-12-6-3-7-13-22;/h2-20H,1H3;1H/q+1;/p-1. The Morgan fingerprint density at radius 1 is 0.735 bits per heavy atom. The van der Waals surface area contributed by atoms with Crippen LogP contribution in [0.3, 0.4) is 0 Å². The van der Waals surface area contributed by atoms with E-state index in [2.05, 4.69) is 119 Å². The third-order valence-corrected chi connectivity index (χ3v) is 6.78. The van der Waals surface area contributed by atoms with E-state index in [0.29, 0.717) is 0 Å². The highest BCUT2D eigenvalue weighted by atomic mass is 35.5. The van der Waals surface area contributed by atoms with Gasteiger partial charge in [-0.3, -0.25) is 0 Å². The van der Waals surface area contributed by atoms with Gasteiger partial charge in [-0.1, -0.05) is 90.2 Å². The van der Waals surface area contributed by atoms with Crippen LogP contribution in [0.4, 0.5) is 0 Å². The highest BCUT2D eigenvalue weighted by molar-refractivity contribution is 7.11. The maximum atomic E-state index is 4.69. The number of hydrogen-bond donors (Lipinski definition) is 0. The van der Waals surface area contributed by atoms with Gasteiger partial charge < -0.3 is 17.0 Å². The Kier molecular flexibility index (Phi) is 6.01. The molecule has 3 nitrogen and oxygen atoms in total. The molecule has 0 spiro atoms. The Morgan fingerprint density at radius 3 is 1.91 bits per heavy atom. The maximum Gasteiger partial charge on any atom is 0.387 e. The zero-order valence-corrected chi connectivity index (χ0v) is 20.2. The van der Waals surface area contributed by atoms with Crippen molar-refractivity contribution in [3.63, 3.8) is 0 Å². The molecule has 0 fully saturated rings. The van der Waals surface area contributed by atoms with Gasteiger partial charge in [0.1, 0.15) is 11.4 Å². The summed E-state index contributed by atoms with van der Waals surface area (Å²) in [5.41, 5.74) is 8.21. The van der Waals surface area contributed by atoms with Gasteiger partial charge in [-0.05, 0) is 28.7 Å². The van der Waals surface area contributed by atoms with Crippen molar-refractivity contribution in [3.05, 3.63) is 115 Å². The van der Waals surface area contributed by atoms with Crippen LogP contribution in [-0.4, -0.2) is 9.55 Å². The largest absolute Gasteiger partial charge is 1.00 e. The minimum Gasteiger partial charge on any atom is -1.00 e. The van der Waals surface area contributed by atoms with Gasteiger partial charge in [-0.2, -0.15) is 4.57 Å². The molecule has 0 aliphatic rings. The Hall–Kier alpha value is -3.73. The van der Waals surface area contributed by atoms with Gasteiger partial charge in [-0.15, -0.1) is 0 Å². The van der Waals surface area contributed by atoms with Crippen LogP contribution in [0, 0.1) is 0 Å². The summed E-state index contributed by atoms with van der Waals surface area (Å²) < 4.78 is 4.49. The van der Waals surface area contributed by atoms with Crippen LogP contribution >= 0.6 is 11.3 Å². The molecule has 0 unspecified atom stereocenters. The molecule has 5 heteroatoms. The van der Waals surface area contributed by atoms with E-state index in [4.69, 9.17) is 4.98 Å². The van der Waals surface area contributed by atoms with E-state index in [-0.39, 0.29) is 12.4 Å². The molecule has 0 saturated heterocycles. The van der Waals surface area contributed by atoms with E-state index < -0.39 is 0 Å². The maximum absolute atomic E-state index is 4.69. The number of halogens is 1. The molecule has 3 aromatic heterocycles. The first-order valence-electron chi connectivity index (χ1n) is 10.9. The molecule has 6 aromatic rings. The summed E-state index contributed by atoms with van der Waals surface area (Å²) in [6, 6.07) is 34.3. The van der Waals surface area contributed by atoms with Crippen LogP contribution in [0.2, 0.25) is 0 Å². The monoisotopic (exact) mass is 479 g/mol. The van der Waals surface area contributed by atoms with Crippen molar-refractivity contribution < 1.29 is 17.0 Å². The third kappa shape index (κ3) is 3.81. The number of nitrogens with zero attached hydrogens (tertiary/aromatic N) is 3. The fraction of sp³-hybridized carbons (Fsp3) is 0.0345. The van der Waals surface area contributed by atoms with E-state index in [9.17, 15) is 0 Å². The van der Waals surface area contributed by atoms with Crippen molar-refractivity contribution in [1.29, 1.82) is 0 Å². The van der Waals surface area contributed by atoms with Crippen LogP contribution in [0.25, 0.3) is 49.7 Å². The topological polar surface area (TPSA) is 21.7 Å². The first-order chi connectivity index (χ1) is 16.3. The normalized spacial score (nSPS) is 10.9. The summed E-state index contributed by atoms with van der Waals surface area (Å²) in [7, 11) is 2.11. The first-order valence-corrected chi connectivity index (χ1v) is 11.8. The van der Waals surface area contributed by atoms with Crippen LogP contribution in [-0.2, 0) is 7.05 Å². The van der Waals surface area contributed by atoms with E-state index in [1.165, 1.54) is 22.0 Å². The molecule has 0 amide bonds. The molecule has 0 atom stereocenters. The second-order valence-corrected chi connectivity index (χ2v) is 8.94. The van der Waals surface area contributed by atoms with Crippen molar-refractivity contribution in [2.75, 3.05) is 0 Å². The second kappa shape index (κ2) is 9.26. The van der Waals surface area contributed by atoms with E-state index in [1.54, 1.807) is 11.3 Å². The lowest BCUT2D eigenvalue weighted by Gasteiger charge is -2.13. The molecule has 0 saturated carbocycles. The zero-order valence-electron chi connectivity index (χ0n) is 18.6. The number of aromatic nitrogens is 3. The zero-order chi connectivity index (χ0) is 22.2. The Morgan fingerprint density at radius 2 is 1.32 bits per heavy atom. The van der Waals surface area contributed by atoms with Crippen LogP contribution in [0.1, 0.15) is 0 Å². The lowest BCUT2D eigenvalue weighted by Crippen LogP contribution is -3.00. The SMILES string of the molecule is Cn1cc(-c2cc(-c3ccccc3)[n+](-c3nccs3)c(-c3ccccc3)c2)c2ccccc21.[Cl-]. The first kappa shape index (κ1) is 22.1. The summed E-state index contributed by atoms with van der Waals surface area (Å²) in [6.45, 7) is 0. The molecular weight excluding hydrogens is 458 g/mol. The van der Waals surface area contributed by atoms with Gasteiger partial charge in [0.25, 0.3) is 0 Å². The quantitative estimate of drug-likeness (QED) is 0.351. The summed E-state index contributed by atoms with van der Waals surface area (Å²) >= 11 is 1.65. The molecule has 0 aliphatic carbocycles. The molecule has 3 aromatic carbocycles. The van der Waals surface area contributed by atoms with Crippen molar-refractivity contribution >= 4 is 22.2 Å². The lowest BCUT2D eigenvalue weighted by molar-refractivity contribution is -0.571. The fourth-order valence-corrected chi connectivity index (χ4v) is 5.16. The summed E-state index contributed by atoms with van der Waals surface area (Å²) in [5.74, 6) is 0. The predicted octanol–water partition coefficient (Wildman–Crippen LogP) is 3.92. The molecule has 0 aliphatic heterocycles. The van der Waals surface area contributed by atoms with E-state index >= 15 is 0 Å². The van der Waals surface area contributed by atoms with Crippen LogP contribution in [0.15, 0.2) is 115 Å². The smallest absolute Gasteiger partial charge is 0.387 e. The molecule has 6 rings (SSSR count). The third-order valence-electron chi connectivity index (χ3n) is 6.02. The molecule has 166 valence electrons. The van der Waals surface area contributed by atoms with Crippen molar-refractivity contribution in [2.45, 2.75) is 0 Å². The average molecular weight is 480 g/mol. The van der Waals surface area contributed by atoms with Crippen LogP contribution in [0.5, 0.6) is 0 Å². The average Bonchev–Trinajstić information content (AvgIpc) is 3.53. The molecular formula is C29H22ClN3S. The van der Waals surface area contributed by atoms with Gasteiger partial charge in [0.2, 0.25) is 0 Å². The summed E-state index contributed by atoms with van der Waals surface area (Å²) in [6.07, 6.45) is 4.10. The van der Waals surface area contributed by atoms with E-state index in [0.717, 1.165) is 27.6 Å². The van der Waals surface area contributed by atoms with Gasteiger partial charge in [0.15, 0.2) is 6.20 Å². The molecule has 0 bridgehead atoms. The van der Waals surface area contributed by atoms with Crippen LogP contribution < -0.4 is 17.0 Å². The van der Waals surface area contributed by atoms with Gasteiger partial charge >= 0.3 is 5.13 Å². The number of para-hydroxylation sites is 1. The number of fused-ring (bicyclic) bond motifs is 1. The Bertz CT molecular complexity index is 1500. The Balaban J connectivity index is 0.00000241. The molecule has 34 heavy (non-hydrogen) atoms. The second-order valence-electron chi connectivity index (χ2n) is 8.07. The molecule has 3 heterocycles. The number of rotatable bonds is 4. The van der Waals surface area contributed by atoms with Crippen molar-refractivity contribution in [3.8, 4) is 38.8 Å².